The zero-order valence-electron chi connectivity index (χ0n) is 11.5. The second kappa shape index (κ2) is 4.49. The molecular formula is C20H18. The van der Waals surface area contributed by atoms with Crippen LogP contribution < -0.4 is 0 Å². The van der Waals surface area contributed by atoms with Crippen LogP contribution in [-0.4, -0.2) is 0 Å². The van der Waals surface area contributed by atoms with Crippen molar-refractivity contribution in [1.82, 2.24) is 0 Å². The van der Waals surface area contributed by atoms with Gasteiger partial charge < -0.3 is 0 Å². The molecule has 0 saturated heterocycles. The highest BCUT2D eigenvalue weighted by atomic mass is 14.4. The second-order valence-electron chi connectivity index (χ2n) is 5.85. The number of rotatable bonds is 2. The Morgan fingerprint density at radius 3 is 2.20 bits per heavy atom. The number of allylic oxidation sites excluding steroid dienone is 4. The van der Waals surface area contributed by atoms with E-state index in [1.165, 1.54) is 29.5 Å². The molecule has 0 saturated carbocycles. The van der Waals surface area contributed by atoms with Crippen molar-refractivity contribution in [3.8, 4) is 0 Å². The first kappa shape index (κ1) is 11.7. The van der Waals surface area contributed by atoms with Crippen molar-refractivity contribution < 1.29 is 0 Å². The van der Waals surface area contributed by atoms with Gasteiger partial charge in [-0.05, 0) is 35.5 Å². The zero-order valence-corrected chi connectivity index (χ0v) is 11.5. The number of hydrogen-bond acceptors (Lipinski definition) is 0. The second-order valence-corrected chi connectivity index (χ2v) is 5.85. The number of fused-ring (bicyclic) bond motifs is 1. The Morgan fingerprint density at radius 2 is 1.55 bits per heavy atom. The third-order valence-corrected chi connectivity index (χ3v) is 4.74. The van der Waals surface area contributed by atoms with Gasteiger partial charge in [0.05, 0.1) is 0 Å². The molecule has 0 heterocycles. The van der Waals surface area contributed by atoms with E-state index in [0.29, 0.717) is 5.92 Å². The Balaban J connectivity index is 1.90. The van der Waals surface area contributed by atoms with Crippen LogP contribution in [0.4, 0.5) is 0 Å². The standard InChI is InChI=1S/C20H18/c1-3-7-17(8-4-1)19-15-16-11-13-20(19,14-12-16)18-9-5-2-6-10-18/h1-11,13,15-16H,12,14H2. The van der Waals surface area contributed by atoms with Gasteiger partial charge in [0.2, 0.25) is 0 Å². The maximum atomic E-state index is 2.48. The fourth-order valence-corrected chi connectivity index (χ4v) is 3.69. The molecule has 0 nitrogen and oxygen atoms in total. The average molecular weight is 258 g/mol. The first-order valence-corrected chi connectivity index (χ1v) is 7.41. The highest BCUT2D eigenvalue weighted by molar-refractivity contribution is 5.80. The lowest BCUT2D eigenvalue weighted by atomic mass is 9.60. The molecule has 0 heteroatoms. The van der Waals surface area contributed by atoms with E-state index in [1.54, 1.807) is 0 Å². The van der Waals surface area contributed by atoms with Crippen molar-refractivity contribution in [3.05, 3.63) is 90.0 Å². The highest BCUT2D eigenvalue weighted by Gasteiger charge is 2.40. The molecule has 0 radical (unpaired) electrons. The summed E-state index contributed by atoms with van der Waals surface area (Å²) < 4.78 is 0. The summed E-state index contributed by atoms with van der Waals surface area (Å²) in [6.45, 7) is 0. The minimum Gasteiger partial charge on any atom is -0.0804 e. The summed E-state index contributed by atoms with van der Waals surface area (Å²) >= 11 is 0. The molecule has 2 atom stereocenters. The minimum absolute atomic E-state index is 0.0807. The monoisotopic (exact) mass is 258 g/mol. The summed E-state index contributed by atoms with van der Waals surface area (Å²) in [7, 11) is 0. The number of hydrogen-bond donors (Lipinski definition) is 0. The molecule has 2 aromatic rings. The van der Waals surface area contributed by atoms with Crippen LogP contribution in [0, 0.1) is 5.92 Å². The molecule has 5 rings (SSSR count). The van der Waals surface area contributed by atoms with Gasteiger partial charge in [-0.15, -0.1) is 0 Å². The van der Waals surface area contributed by atoms with Gasteiger partial charge in [-0.1, -0.05) is 78.9 Å². The molecule has 2 bridgehead atoms. The van der Waals surface area contributed by atoms with Gasteiger partial charge in [-0.25, -0.2) is 0 Å². The van der Waals surface area contributed by atoms with Crippen LogP contribution in [0.3, 0.4) is 0 Å². The topological polar surface area (TPSA) is 0 Å². The molecule has 3 aliphatic carbocycles. The van der Waals surface area contributed by atoms with Gasteiger partial charge in [0.25, 0.3) is 0 Å². The molecule has 0 aromatic heterocycles. The lowest BCUT2D eigenvalue weighted by Gasteiger charge is -2.43. The van der Waals surface area contributed by atoms with Crippen molar-refractivity contribution in [2.24, 2.45) is 5.92 Å². The third kappa shape index (κ3) is 1.68. The maximum absolute atomic E-state index is 2.48. The van der Waals surface area contributed by atoms with Crippen LogP contribution in [0.15, 0.2) is 78.9 Å². The molecule has 0 fully saturated rings. The van der Waals surface area contributed by atoms with E-state index in [0.717, 1.165) is 0 Å². The smallest absolute Gasteiger partial charge is 0.0385 e. The summed E-state index contributed by atoms with van der Waals surface area (Å²) in [5, 5.41) is 0. The van der Waals surface area contributed by atoms with Crippen LogP contribution in [0.1, 0.15) is 24.0 Å². The van der Waals surface area contributed by atoms with E-state index < -0.39 is 0 Å². The predicted octanol–water partition coefficient (Wildman–Crippen LogP) is 4.99. The Morgan fingerprint density at radius 1 is 0.850 bits per heavy atom. The molecule has 0 amide bonds. The van der Waals surface area contributed by atoms with Crippen LogP contribution in [0.5, 0.6) is 0 Å². The predicted molar refractivity (Wildman–Crippen MR) is 84.4 cm³/mol. The largest absolute Gasteiger partial charge is 0.0804 e. The van der Waals surface area contributed by atoms with Crippen molar-refractivity contribution >= 4 is 5.57 Å². The summed E-state index contributed by atoms with van der Waals surface area (Å²) in [5.74, 6) is 0.621. The van der Waals surface area contributed by atoms with E-state index in [-0.39, 0.29) is 5.41 Å². The average Bonchev–Trinajstić information content (AvgIpc) is 2.57. The van der Waals surface area contributed by atoms with Crippen LogP contribution >= 0.6 is 0 Å². The van der Waals surface area contributed by atoms with E-state index in [2.05, 4.69) is 78.9 Å². The lowest BCUT2D eigenvalue weighted by Crippen LogP contribution is -2.33. The molecular weight excluding hydrogens is 240 g/mol. The molecule has 0 spiro atoms. The van der Waals surface area contributed by atoms with Crippen molar-refractivity contribution in [2.75, 3.05) is 0 Å². The normalized spacial score (nSPS) is 27.4. The maximum Gasteiger partial charge on any atom is 0.0385 e. The molecule has 3 aliphatic rings. The molecule has 2 aromatic carbocycles. The van der Waals surface area contributed by atoms with Crippen LogP contribution in [-0.2, 0) is 5.41 Å². The van der Waals surface area contributed by atoms with Crippen molar-refractivity contribution in [1.29, 1.82) is 0 Å². The molecule has 98 valence electrons. The summed E-state index contributed by atoms with van der Waals surface area (Å²) in [6.07, 6.45) is 9.80. The summed E-state index contributed by atoms with van der Waals surface area (Å²) in [4.78, 5) is 0. The Labute approximate surface area is 120 Å². The van der Waals surface area contributed by atoms with Crippen LogP contribution in [0.2, 0.25) is 0 Å². The van der Waals surface area contributed by atoms with Gasteiger partial charge >= 0.3 is 0 Å². The molecule has 20 heavy (non-hydrogen) atoms. The Kier molecular flexibility index (Phi) is 2.63. The first-order chi connectivity index (χ1) is 9.88. The lowest BCUT2D eigenvalue weighted by molar-refractivity contribution is 0.485. The van der Waals surface area contributed by atoms with Crippen molar-refractivity contribution in [3.63, 3.8) is 0 Å². The van der Waals surface area contributed by atoms with Gasteiger partial charge in [0.15, 0.2) is 0 Å². The highest BCUT2D eigenvalue weighted by Crippen LogP contribution is 2.51. The van der Waals surface area contributed by atoms with Gasteiger partial charge in [-0.2, -0.15) is 0 Å². The molecule has 0 N–H and O–H groups in total. The summed E-state index contributed by atoms with van der Waals surface area (Å²) in [5.41, 5.74) is 4.36. The fourth-order valence-electron chi connectivity index (χ4n) is 3.69. The molecule has 0 aliphatic heterocycles. The zero-order chi connectivity index (χ0) is 13.4. The Bertz CT molecular complexity index is 664. The minimum atomic E-state index is 0.0807. The fraction of sp³-hybridized carbons (Fsp3) is 0.200. The quantitative estimate of drug-likeness (QED) is 0.666. The first-order valence-electron chi connectivity index (χ1n) is 7.41. The third-order valence-electron chi connectivity index (χ3n) is 4.74. The van der Waals surface area contributed by atoms with E-state index in [4.69, 9.17) is 0 Å². The number of benzene rings is 2. The van der Waals surface area contributed by atoms with E-state index in [9.17, 15) is 0 Å². The van der Waals surface area contributed by atoms with E-state index in [1.807, 2.05) is 0 Å². The summed E-state index contributed by atoms with van der Waals surface area (Å²) in [6, 6.07) is 21.8. The Hall–Kier alpha value is -2.08. The molecule has 2 unspecified atom stereocenters. The van der Waals surface area contributed by atoms with Crippen LogP contribution in [0.25, 0.3) is 5.57 Å². The SMILES string of the molecule is C1=CC2(c3ccccc3)CCC1C=C2c1ccccc1. The van der Waals surface area contributed by atoms with Gasteiger partial charge in [0.1, 0.15) is 0 Å². The van der Waals surface area contributed by atoms with Gasteiger partial charge in [-0.3, -0.25) is 0 Å². The van der Waals surface area contributed by atoms with E-state index >= 15 is 0 Å². The van der Waals surface area contributed by atoms with Crippen molar-refractivity contribution in [2.45, 2.75) is 18.3 Å². The van der Waals surface area contributed by atoms with Gasteiger partial charge in [0, 0.05) is 5.41 Å².